The summed E-state index contributed by atoms with van der Waals surface area (Å²) < 4.78 is 50.9. The van der Waals surface area contributed by atoms with Crippen LogP contribution in [0, 0.1) is 0 Å². The number of carbonyl (C=O) groups is 2. The molecular weight excluding hydrogens is 425 g/mol. The fourth-order valence-electron chi connectivity index (χ4n) is 3.17. The fraction of sp³-hybridized carbons (Fsp3) is 0.600. The van der Waals surface area contributed by atoms with Crippen LogP contribution in [0.15, 0.2) is 12.1 Å². The Morgan fingerprint density at radius 1 is 1.27 bits per heavy atom. The summed E-state index contributed by atoms with van der Waals surface area (Å²) in [5.74, 6) is -0.862. The Labute approximate surface area is 178 Å². The van der Waals surface area contributed by atoms with E-state index in [-0.39, 0.29) is 35.3 Å². The lowest BCUT2D eigenvalue weighted by Crippen LogP contribution is -2.40. The molecule has 0 radical (unpaired) electrons. The Balaban J connectivity index is 2.14. The number of amides is 1. The highest BCUT2D eigenvalue weighted by Crippen LogP contribution is 2.37. The van der Waals surface area contributed by atoms with Crippen LogP contribution in [0.2, 0.25) is 5.02 Å². The van der Waals surface area contributed by atoms with Crippen molar-refractivity contribution in [1.29, 1.82) is 0 Å². The number of carbonyl (C=O) groups excluding carboxylic acids is 2. The van der Waals surface area contributed by atoms with Gasteiger partial charge in [-0.2, -0.15) is 13.2 Å². The summed E-state index contributed by atoms with van der Waals surface area (Å²) in [6.45, 7) is 7.60. The van der Waals surface area contributed by atoms with Gasteiger partial charge in [-0.1, -0.05) is 11.6 Å². The van der Waals surface area contributed by atoms with E-state index < -0.39 is 29.4 Å². The summed E-state index contributed by atoms with van der Waals surface area (Å²) in [6, 6.07) is 1.72. The maximum absolute atomic E-state index is 13.6. The Bertz CT molecular complexity index is 793. The van der Waals surface area contributed by atoms with Gasteiger partial charge in [-0.3, -0.25) is 4.90 Å². The normalized spacial score (nSPS) is 17.7. The number of rotatable bonds is 5. The van der Waals surface area contributed by atoms with Gasteiger partial charge in [0.15, 0.2) is 0 Å². The van der Waals surface area contributed by atoms with E-state index >= 15 is 0 Å². The molecule has 1 heterocycles. The zero-order valence-electron chi connectivity index (χ0n) is 17.4. The lowest BCUT2D eigenvalue weighted by atomic mass is 10.0. The molecular formula is C20H26ClF3N2O4. The molecule has 1 aromatic rings. The fourth-order valence-corrected chi connectivity index (χ4v) is 3.45. The SMILES string of the molecule is CCOC(=O)c1cc(Cl)c(CN2CC[C@@H](NC(=O)OC(C)(C)C)C2)c(C(F)(F)F)c1. The summed E-state index contributed by atoms with van der Waals surface area (Å²) >= 11 is 6.13. The lowest BCUT2D eigenvalue weighted by molar-refractivity contribution is -0.138. The predicted molar refractivity (Wildman–Crippen MR) is 105 cm³/mol. The highest BCUT2D eigenvalue weighted by atomic mass is 35.5. The number of hydrogen-bond acceptors (Lipinski definition) is 5. The molecule has 168 valence electrons. The van der Waals surface area contributed by atoms with Gasteiger partial charge in [0, 0.05) is 30.7 Å². The van der Waals surface area contributed by atoms with Gasteiger partial charge in [-0.15, -0.1) is 0 Å². The van der Waals surface area contributed by atoms with E-state index in [1.807, 2.05) is 0 Å². The maximum Gasteiger partial charge on any atom is 0.416 e. The van der Waals surface area contributed by atoms with Gasteiger partial charge in [0.1, 0.15) is 5.60 Å². The van der Waals surface area contributed by atoms with Crippen molar-refractivity contribution in [1.82, 2.24) is 10.2 Å². The van der Waals surface area contributed by atoms with Crippen LogP contribution in [0.3, 0.4) is 0 Å². The van der Waals surface area contributed by atoms with Crippen molar-refractivity contribution >= 4 is 23.7 Å². The quantitative estimate of drug-likeness (QED) is 0.662. The number of likely N-dealkylation sites (tertiary alicyclic amines) is 1. The van der Waals surface area contributed by atoms with Crippen LogP contribution in [-0.4, -0.2) is 48.3 Å². The molecule has 30 heavy (non-hydrogen) atoms. The van der Waals surface area contributed by atoms with Gasteiger partial charge >= 0.3 is 18.2 Å². The van der Waals surface area contributed by atoms with Crippen LogP contribution < -0.4 is 5.32 Å². The molecule has 1 aliphatic heterocycles. The highest BCUT2D eigenvalue weighted by molar-refractivity contribution is 6.31. The lowest BCUT2D eigenvalue weighted by Gasteiger charge is -2.23. The van der Waals surface area contributed by atoms with Crippen molar-refractivity contribution < 1.29 is 32.2 Å². The summed E-state index contributed by atoms with van der Waals surface area (Å²) in [4.78, 5) is 25.5. The summed E-state index contributed by atoms with van der Waals surface area (Å²) in [7, 11) is 0. The van der Waals surface area contributed by atoms with Crippen LogP contribution in [0.5, 0.6) is 0 Å². The van der Waals surface area contributed by atoms with Crippen molar-refractivity contribution in [3.05, 3.63) is 33.8 Å². The number of alkyl carbamates (subject to hydrolysis) is 1. The first-order chi connectivity index (χ1) is 13.8. The Morgan fingerprint density at radius 2 is 1.93 bits per heavy atom. The summed E-state index contributed by atoms with van der Waals surface area (Å²) in [6.07, 6.45) is -4.68. The zero-order chi connectivity index (χ0) is 22.7. The minimum Gasteiger partial charge on any atom is -0.462 e. The van der Waals surface area contributed by atoms with Gasteiger partial charge in [0.25, 0.3) is 0 Å². The average molecular weight is 451 g/mol. The molecule has 1 N–H and O–H groups in total. The van der Waals surface area contributed by atoms with E-state index in [2.05, 4.69) is 5.32 Å². The molecule has 0 unspecified atom stereocenters. The standard InChI is InChI=1S/C20H26ClF3N2O4/c1-5-29-17(27)12-8-15(20(22,23)24)14(16(21)9-12)11-26-7-6-13(10-26)25-18(28)30-19(2,3)4/h8-9,13H,5-7,10-11H2,1-4H3,(H,25,28)/t13-/m1/s1. The molecule has 2 rings (SSSR count). The topological polar surface area (TPSA) is 67.9 Å². The number of benzene rings is 1. The van der Waals surface area contributed by atoms with Gasteiger partial charge in [0.2, 0.25) is 0 Å². The van der Waals surface area contributed by atoms with Crippen LogP contribution >= 0.6 is 11.6 Å². The monoisotopic (exact) mass is 450 g/mol. The minimum absolute atomic E-state index is 0.0410. The van der Waals surface area contributed by atoms with Gasteiger partial charge in [-0.25, -0.2) is 9.59 Å². The first-order valence-electron chi connectivity index (χ1n) is 9.58. The molecule has 0 bridgehead atoms. The third-order valence-corrected chi connectivity index (χ3v) is 4.72. The first-order valence-corrected chi connectivity index (χ1v) is 9.96. The molecule has 0 aromatic heterocycles. The van der Waals surface area contributed by atoms with E-state index in [1.54, 1.807) is 32.6 Å². The molecule has 6 nitrogen and oxygen atoms in total. The Hall–Kier alpha value is -2.00. The Kier molecular flexibility index (Phi) is 7.63. The first kappa shape index (κ1) is 24.3. The van der Waals surface area contributed by atoms with E-state index in [0.29, 0.717) is 19.5 Å². The van der Waals surface area contributed by atoms with Crippen molar-refractivity contribution in [2.75, 3.05) is 19.7 Å². The van der Waals surface area contributed by atoms with Crippen molar-refractivity contribution in [2.45, 2.75) is 58.5 Å². The number of esters is 1. The number of nitrogens with zero attached hydrogens (tertiary/aromatic N) is 1. The molecule has 1 aliphatic rings. The molecule has 0 spiro atoms. The third-order valence-electron chi connectivity index (χ3n) is 4.39. The number of alkyl halides is 3. The maximum atomic E-state index is 13.6. The van der Waals surface area contributed by atoms with Crippen LogP contribution in [0.25, 0.3) is 0 Å². The molecule has 1 atom stereocenters. The number of halogens is 4. The van der Waals surface area contributed by atoms with Gasteiger partial charge in [0.05, 0.1) is 17.7 Å². The van der Waals surface area contributed by atoms with Crippen molar-refractivity contribution in [2.24, 2.45) is 0 Å². The van der Waals surface area contributed by atoms with E-state index in [9.17, 15) is 22.8 Å². The molecule has 0 aliphatic carbocycles. The second-order valence-electron chi connectivity index (χ2n) is 8.07. The third kappa shape index (κ3) is 6.77. The second-order valence-corrected chi connectivity index (χ2v) is 8.48. The summed E-state index contributed by atoms with van der Waals surface area (Å²) in [5, 5.41) is 2.57. The number of ether oxygens (including phenoxy) is 2. The molecule has 10 heteroatoms. The average Bonchev–Trinajstić information content (AvgIpc) is 3.00. The predicted octanol–water partition coefficient (Wildman–Crippen LogP) is 4.63. The van der Waals surface area contributed by atoms with E-state index in [0.717, 1.165) is 6.07 Å². The zero-order valence-corrected chi connectivity index (χ0v) is 18.1. The van der Waals surface area contributed by atoms with Gasteiger partial charge in [-0.05, 0) is 51.8 Å². The molecule has 1 saturated heterocycles. The smallest absolute Gasteiger partial charge is 0.416 e. The molecule has 1 aromatic carbocycles. The number of nitrogens with one attached hydrogen (secondary N) is 1. The summed E-state index contributed by atoms with van der Waals surface area (Å²) in [5.41, 5.74) is -1.97. The van der Waals surface area contributed by atoms with Crippen molar-refractivity contribution in [3.63, 3.8) is 0 Å². The molecule has 1 amide bonds. The van der Waals surface area contributed by atoms with E-state index in [1.165, 1.54) is 6.07 Å². The highest BCUT2D eigenvalue weighted by Gasteiger charge is 2.37. The Morgan fingerprint density at radius 3 is 2.50 bits per heavy atom. The van der Waals surface area contributed by atoms with Gasteiger partial charge < -0.3 is 14.8 Å². The van der Waals surface area contributed by atoms with Crippen LogP contribution in [-0.2, 0) is 22.2 Å². The molecule has 0 saturated carbocycles. The van der Waals surface area contributed by atoms with Crippen LogP contribution in [0.1, 0.15) is 55.6 Å². The van der Waals surface area contributed by atoms with Crippen LogP contribution in [0.4, 0.5) is 18.0 Å². The molecule has 1 fully saturated rings. The minimum atomic E-state index is -4.69. The largest absolute Gasteiger partial charge is 0.462 e. The van der Waals surface area contributed by atoms with E-state index in [4.69, 9.17) is 21.1 Å². The number of hydrogen-bond donors (Lipinski definition) is 1. The second kappa shape index (κ2) is 9.43. The van der Waals surface area contributed by atoms with Crippen molar-refractivity contribution in [3.8, 4) is 0 Å².